The number of rotatable bonds is 9. The minimum absolute atomic E-state index is 0. The smallest absolute Gasteiger partial charge is 0.743 e. The Morgan fingerprint density at radius 1 is 0.870 bits per heavy atom. The Morgan fingerprint density at radius 2 is 1.30 bits per heavy atom. The van der Waals surface area contributed by atoms with E-state index in [0.717, 1.165) is 0 Å². The Hall–Kier alpha value is 0.986. The first kappa shape index (κ1) is 26.2. The molecule has 134 valence electrons. The predicted molar refractivity (Wildman–Crippen MR) is 58.2 cm³/mol. The minimum Gasteiger partial charge on any atom is -0.743 e. The van der Waals surface area contributed by atoms with E-state index in [4.69, 9.17) is 0 Å². The van der Waals surface area contributed by atoms with Gasteiger partial charge in [-0.25, -0.2) is 12.8 Å². The van der Waals surface area contributed by atoms with Crippen molar-refractivity contribution in [1.82, 2.24) is 0 Å². The third-order valence-corrected chi connectivity index (χ3v) is 3.66. The van der Waals surface area contributed by atoms with Crippen molar-refractivity contribution in [1.29, 1.82) is 0 Å². The average molecular weight is 404 g/mol. The van der Waals surface area contributed by atoms with Gasteiger partial charge in [0.2, 0.25) is 0 Å². The third-order valence-electron chi connectivity index (χ3n) is 2.76. The van der Waals surface area contributed by atoms with Crippen molar-refractivity contribution in [2.45, 2.75) is 62.0 Å². The fraction of sp³-hybridized carbons (Fsp3) is 1.00. The zero-order valence-corrected chi connectivity index (χ0v) is 15.9. The molecule has 1 atom stereocenters. The van der Waals surface area contributed by atoms with E-state index in [1.807, 2.05) is 0 Å². The van der Waals surface area contributed by atoms with Gasteiger partial charge in [0.1, 0.15) is 0 Å². The number of hydrogen-bond donors (Lipinski definition) is 0. The second kappa shape index (κ2) is 9.62. The van der Waals surface area contributed by atoms with Gasteiger partial charge in [-0.2, -0.15) is 30.7 Å². The van der Waals surface area contributed by atoms with E-state index in [-0.39, 0.29) is 70.6 Å². The summed E-state index contributed by atoms with van der Waals surface area (Å²) in [7, 11) is -6.76. The van der Waals surface area contributed by atoms with E-state index in [1.165, 1.54) is 0 Å². The van der Waals surface area contributed by atoms with Crippen molar-refractivity contribution >= 4 is 10.1 Å². The second-order valence-electron chi connectivity index (χ2n) is 4.63. The Balaban J connectivity index is 0. The maximum Gasteiger partial charge on any atom is 1.00 e. The summed E-state index contributed by atoms with van der Waals surface area (Å²) in [5.74, 6) is -5.71. The average Bonchev–Trinajstić information content (AvgIpc) is 2.30. The van der Waals surface area contributed by atoms with Crippen LogP contribution in [0.25, 0.3) is 0 Å². The van der Waals surface area contributed by atoms with Gasteiger partial charge in [0.05, 0.1) is 0 Å². The molecule has 1 unspecified atom stereocenters. The summed E-state index contributed by atoms with van der Waals surface area (Å²) in [5, 5.41) is -6.10. The van der Waals surface area contributed by atoms with Crippen molar-refractivity contribution in [2.24, 2.45) is 0 Å². The minimum atomic E-state index is -6.76. The van der Waals surface area contributed by atoms with Crippen LogP contribution >= 0.6 is 0 Å². The Bertz CT molecular complexity index is 452. The molecule has 0 aliphatic carbocycles. The molecule has 0 N–H and O–H groups in total. The van der Waals surface area contributed by atoms with Gasteiger partial charge in [-0.3, -0.25) is 0 Å². The Kier molecular flexibility index (Phi) is 11.0. The first-order chi connectivity index (χ1) is 9.63. The Morgan fingerprint density at radius 3 is 1.70 bits per heavy atom. The second-order valence-corrected chi connectivity index (χ2v) is 6.05. The molecular weight excluding hydrogens is 391 g/mol. The zero-order chi connectivity index (χ0) is 17.8. The van der Waals surface area contributed by atoms with Crippen LogP contribution in [0.3, 0.4) is 0 Å². The largest absolute Gasteiger partial charge is 1.00 e. The number of unbranched alkanes of at least 4 members (excludes halogenated alkanes) is 3. The Labute approximate surface area is 170 Å². The van der Waals surface area contributed by atoms with E-state index < -0.39 is 52.9 Å². The van der Waals surface area contributed by atoms with Crippen molar-refractivity contribution in [3.8, 4) is 0 Å². The maximum atomic E-state index is 13.1. The van der Waals surface area contributed by atoms with Gasteiger partial charge in [-0.05, 0) is 12.8 Å². The molecule has 0 aliphatic heterocycles. The van der Waals surface area contributed by atoms with Crippen LogP contribution < -0.4 is 51.4 Å². The third kappa shape index (κ3) is 8.27. The van der Waals surface area contributed by atoms with Crippen LogP contribution in [0.2, 0.25) is 0 Å². The zero-order valence-electron chi connectivity index (χ0n) is 12.0. The van der Waals surface area contributed by atoms with Crippen LogP contribution in [0.5, 0.6) is 0 Å². The van der Waals surface area contributed by atoms with Gasteiger partial charge < -0.3 is 4.55 Å². The summed E-state index contributed by atoms with van der Waals surface area (Å²) in [6.07, 6.45) is -11.3. The molecule has 3 nitrogen and oxygen atoms in total. The molecule has 0 rings (SSSR count). The van der Waals surface area contributed by atoms with Gasteiger partial charge in [-0.15, -0.1) is 0 Å². The molecule has 0 aliphatic rings. The molecule has 0 radical (unpaired) electrons. The number of alkyl halides is 8. The molecule has 0 amide bonds. The monoisotopic (exact) mass is 404 g/mol. The van der Waals surface area contributed by atoms with Crippen LogP contribution in [0.1, 0.15) is 38.5 Å². The van der Waals surface area contributed by atoms with Gasteiger partial charge in [0, 0.05) is 6.42 Å². The molecule has 0 aromatic rings. The summed E-state index contributed by atoms with van der Waals surface area (Å²) in [6.45, 7) is 0. The van der Waals surface area contributed by atoms with E-state index in [9.17, 15) is 48.1 Å². The van der Waals surface area contributed by atoms with E-state index >= 15 is 0 Å². The molecule has 23 heavy (non-hydrogen) atoms. The predicted octanol–water partition coefficient (Wildman–Crippen LogP) is 1.00. The molecule has 0 bridgehead atoms. The van der Waals surface area contributed by atoms with E-state index in [0.29, 0.717) is 0 Å². The first-order valence-electron chi connectivity index (χ1n) is 6.05. The van der Waals surface area contributed by atoms with Gasteiger partial charge >= 0.3 is 68.7 Å². The van der Waals surface area contributed by atoms with Gasteiger partial charge in [-0.1, -0.05) is 19.3 Å². The number of halogens is 8. The molecule has 0 spiro atoms. The SMILES string of the molecule is O=S(=O)([O-])C(F)(F)C(F)(F)C(F)CCCCCCC(F)(F)F.[K+]. The van der Waals surface area contributed by atoms with Crippen molar-refractivity contribution in [3.05, 3.63) is 0 Å². The topological polar surface area (TPSA) is 57.2 Å². The van der Waals surface area contributed by atoms with Gasteiger partial charge in [0.25, 0.3) is 0 Å². The molecule has 0 aromatic heterocycles. The van der Waals surface area contributed by atoms with Crippen LogP contribution in [0.4, 0.5) is 35.1 Å². The molecule has 0 aromatic carbocycles. The van der Waals surface area contributed by atoms with E-state index in [1.54, 1.807) is 0 Å². The summed E-state index contributed by atoms with van der Waals surface area (Å²) in [6, 6.07) is 0. The van der Waals surface area contributed by atoms with Crippen LogP contribution in [0, 0.1) is 0 Å². The normalized spacial score (nSPS) is 15.2. The molecule has 0 fully saturated rings. The first-order valence-corrected chi connectivity index (χ1v) is 7.45. The van der Waals surface area contributed by atoms with Crippen molar-refractivity contribution in [2.75, 3.05) is 0 Å². The quantitative estimate of drug-likeness (QED) is 0.249. The molecule has 13 heteroatoms. The number of hydrogen-bond acceptors (Lipinski definition) is 3. The van der Waals surface area contributed by atoms with Gasteiger partial charge in [0.15, 0.2) is 16.3 Å². The van der Waals surface area contributed by atoms with Crippen molar-refractivity contribution in [3.63, 3.8) is 0 Å². The van der Waals surface area contributed by atoms with E-state index in [2.05, 4.69) is 0 Å². The molecule has 0 heterocycles. The van der Waals surface area contributed by atoms with Crippen LogP contribution in [-0.4, -0.2) is 36.5 Å². The fourth-order valence-electron chi connectivity index (χ4n) is 1.53. The fourth-order valence-corrected chi connectivity index (χ4v) is 1.99. The summed E-state index contributed by atoms with van der Waals surface area (Å²) < 4.78 is 130. The maximum absolute atomic E-state index is 13.1. The summed E-state index contributed by atoms with van der Waals surface area (Å²) >= 11 is 0. The van der Waals surface area contributed by atoms with Crippen molar-refractivity contribution < 1.29 is 99.5 Å². The molecular formula is C10H13F8KO3S. The molecule has 0 saturated carbocycles. The summed E-state index contributed by atoms with van der Waals surface area (Å²) in [5.41, 5.74) is 0. The summed E-state index contributed by atoms with van der Waals surface area (Å²) in [4.78, 5) is 0. The standard InChI is InChI=1S/C10H14F8O3S.K/c11-7(5-3-1-2-4-6-8(12,13)14)9(15,16)10(17,18)22(19,20)21;/h7H,1-6H2,(H,19,20,21);/q;+1/p-1. The van der Waals surface area contributed by atoms with Crippen LogP contribution in [0.15, 0.2) is 0 Å². The van der Waals surface area contributed by atoms with Crippen LogP contribution in [-0.2, 0) is 10.1 Å². The molecule has 0 saturated heterocycles.